The summed E-state index contributed by atoms with van der Waals surface area (Å²) in [6, 6.07) is 5.80. The van der Waals surface area contributed by atoms with Crippen molar-refractivity contribution >= 4 is 11.3 Å². The Balaban J connectivity index is 2.43. The van der Waals surface area contributed by atoms with E-state index in [1.807, 2.05) is 24.4 Å². The lowest BCUT2D eigenvalue weighted by Crippen LogP contribution is -1.88. The zero-order valence-electron chi connectivity index (χ0n) is 10.2. The molecule has 0 spiro atoms. The molecule has 0 bridgehead atoms. The van der Waals surface area contributed by atoms with Crippen LogP contribution in [0.25, 0.3) is 10.6 Å². The summed E-state index contributed by atoms with van der Waals surface area (Å²) in [4.78, 5) is 5.69. The minimum absolute atomic E-state index is 0.785. The molecule has 3 nitrogen and oxygen atoms in total. The van der Waals surface area contributed by atoms with Crippen LogP contribution < -0.4 is 9.47 Å². The normalized spacial score (nSPS) is 10.3. The van der Waals surface area contributed by atoms with Crippen LogP contribution in [0.15, 0.2) is 24.4 Å². The predicted octanol–water partition coefficient (Wildman–Crippen LogP) is 3.39. The third-order valence-corrected chi connectivity index (χ3v) is 3.69. The monoisotopic (exact) mass is 249 g/mol. The fourth-order valence-corrected chi connectivity index (χ4v) is 2.37. The molecule has 17 heavy (non-hydrogen) atoms. The van der Waals surface area contributed by atoms with Crippen LogP contribution in [-0.2, 0) is 6.42 Å². The second-order valence-corrected chi connectivity index (χ2v) is 4.70. The van der Waals surface area contributed by atoms with Crippen LogP contribution in [0.5, 0.6) is 11.5 Å². The van der Waals surface area contributed by atoms with E-state index >= 15 is 0 Å². The number of hydrogen-bond acceptors (Lipinski definition) is 4. The smallest absolute Gasteiger partial charge is 0.123 e. The van der Waals surface area contributed by atoms with Crippen molar-refractivity contribution in [3.8, 4) is 22.1 Å². The Labute approximate surface area is 105 Å². The Hall–Kier alpha value is -1.55. The number of thiazole rings is 1. The van der Waals surface area contributed by atoms with Crippen LogP contribution in [-0.4, -0.2) is 19.2 Å². The van der Waals surface area contributed by atoms with Gasteiger partial charge in [0.15, 0.2) is 0 Å². The number of aryl methyl sites for hydroxylation is 1. The van der Waals surface area contributed by atoms with Gasteiger partial charge in [-0.1, -0.05) is 6.92 Å². The molecule has 4 heteroatoms. The topological polar surface area (TPSA) is 31.4 Å². The van der Waals surface area contributed by atoms with Gasteiger partial charge in [0.25, 0.3) is 0 Å². The molecule has 0 aliphatic rings. The molecule has 2 rings (SSSR count). The van der Waals surface area contributed by atoms with Crippen LogP contribution >= 0.6 is 11.3 Å². The first-order valence-electron chi connectivity index (χ1n) is 5.45. The Bertz CT molecular complexity index is 486. The second kappa shape index (κ2) is 5.19. The van der Waals surface area contributed by atoms with Crippen molar-refractivity contribution in [2.24, 2.45) is 0 Å². The largest absolute Gasteiger partial charge is 0.497 e. The maximum Gasteiger partial charge on any atom is 0.123 e. The first kappa shape index (κ1) is 11.9. The number of rotatable bonds is 4. The Morgan fingerprint density at radius 2 is 1.76 bits per heavy atom. The van der Waals surface area contributed by atoms with E-state index in [0.717, 1.165) is 28.5 Å². The van der Waals surface area contributed by atoms with E-state index in [0.29, 0.717) is 0 Å². The molecule has 90 valence electrons. The molecule has 0 atom stereocenters. The molecule has 0 saturated heterocycles. The molecule has 0 amide bonds. The number of aromatic nitrogens is 1. The Morgan fingerprint density at radius 1 is 1.12 bits per heavy atom. The van der Waals surface area contributed by atoms with Gasteiger partial charge in [-0.05, 0) is 18.6 Å². The molecule has 0 aliphatic carbocycles. The molecular weight excluding hydrogens is 234 g/mol. The Kier molecular flexibility index (Phi) is 3.64. The minimum atomic E-state index is 0.785. The molecule has 0 radical (unpaired) electrons. The maximum atomic E-state index is 5.25. The van der Waals surface area contributed by atoms with E-state index in [1.165, 1.54) is 4.88 Å². The standard InChI is InChI=1S/C13H15NO2S/c1-4-12-8-14-13(17-12)9-5-10(15-2)7-11(6-9)16-3/h5-8H,4H2,1-3H3. The van der Waals surface area contributed by atoms with Crippen LogP contribution in [0.2, 0.25) is 0 Å². The minimum Gasteiger partial charge on any atom is -0.497 e. The van der Waals surface area contributed by atoms with Gasteiger partial charge in [0, 0.05) is 22.7 Å². The predicted molar refractivity (Wildman–Crippen MR) is 70.0 cm³/mol. The first-order chi connectivity index (χ1) is 8.26. The van der Waals surface area contributed by atoms with Crippen molar-refractivity contribution in [2.75, 3.05) is 14.2 Å². The molecule has 1 aromatic carbocycles. The van der Waals surface area contributed by atoms with Gasteiger partial charge in [0.1, 0.15) is 16.5 Å². The molecule has 0 unspecified atom stereocenters. The van der Waals surface area contributed by atoms with Crippen molar-refractivity contribution in [1.29, 1.82) is 0 Å². The zero-order valence-corrected chi connectivity index (χ0v) is 11.0. The van der Waals surface area contributed by atoms with Gasteiger partial charge in [0.05, 0.1) is 14.2 Å². The van der Waals surface area contributed by atoms with E-state index < -0.39 is 0 Å². The van der Waals surface area contributed by atoms with Crippen molar-refractivity contribution in [3.05, 3.63) is 29.3 Å². The first-order valence-corrected chi connectivity index (χ1v) is 6.26. The molecule has 0 aliphatic heterocycles. The summed E-state index contributed by atoms with van der Waals surface area (Å²) in [5, 5.41) is 0.999. The van der Waals surface area contributed by atoms with Gasteiger partial charge in [0.2, 0.25) is 0 Å². The van der Waals surface area contributed by atoms with Gasteiger partial charge in [-0.15, -0.1) is 11.3 Å². The van der Waals surface area contributed by atoms with Gasteiger partial charge < -0.3 is 9.47 Å². The highest BCUT2D eigenvalue weighted by Crippen LogP contribution is 2.32. The maximum absolute atomic E-state index is 5.25. The molecule has 0 N–H and O–H groups in total. The lowest BCUT2D eigenvalue weighted by atomic mass is 10.2. The van der Waals surface area contributed by atoms with Gasteiger partial charge in [-0.3, -0.25) is 0 Å². The summed E-state index contributed by atoms with van der Waals surface area (Å²) >= 11 is 1.70. The fraction of sp³-hybridized carbons (Fsp3) is 0.308. The zero-order chi connectivity index (χ0) is 12.3. The SMILES string of the molecule is CCc1cnc(-c2cc(OC)cc(OC)c2)s1. The molecule has 0 fully saturated rings. The van der Waals surface area contributed by atoms with E-state index in [4.69, 9.17) is 9.47 Å². The fourth-order valence-electron chi connectivity index (χ4n) is 1.54. The van der Waals surface area contributed by atoms with Crippen molar-refractivity contribution in [2.45, 2.75) is 13.3 Å². The molecule has 2 aromatic rings. The summed E-state index contributed by atoms with van der Waals surface area (Å²) in [7, 11) is 3.30. The molecular formula is C13H15NO2S. The van der Waals surface area contributed by atoms with Gasteiger partial charge >= 0.3 is 0 Å². The lowest BCUT2D eigenvalue weighted by molar-refractivity contribution is 0.394. The second-order valence-electron chi connectivity index (χ2n) is 3.59. The molecule has 0 saturated carbocycles. The van der Waals surface area contributed by atoms with E-state index in [1.54, 1.807) is 25.6 Å². The molecule has 1 heterocycles. The quantitative estimate of drug-likeness (QED) is 0.832. The highest BCUT2D eigenvalue weighted by Gasteiger charge is 2.07. The summed E-state index contributed by atoms with van der Waals surface area (Å²) in [5.41, 5.74) is 1.03. The van der Waals surface area contributed by atoms with Crippen LogP contribution in [0.4, 0.5) is 0 Å². The van der Waals surface area contributed by atoms with Gasteiger partial charge in [-0.25, -0.2) is 4.98 Å². The van der Waals surface area contributed by atoms with Gasteiger partial charge in [-0.2, -0.15) is 0 Å². The summed E-state index contributed by atoms with van der Waals surface area (Å²) in [6.07, 6.45) is 2.94. The number of methoxy groups -OCH3 is 2. The number of hydrogen-bond donors (Lipinski definition) is 0. The van der Waals surface area contributed by atoms with E-state index in [-0.39, 0.29) is 0 Å². The summed E-state index contributed by atoms with van der Waals surface area (Å²) in [5.74, 6) is 1.57. The number of ether oxygens (including phenoxy) is 2. The highest BCUT2D eigenvalue weighted by atomic mass is 32.1. The number of nitrogens with zero attached hydrogens (tertiary/aromatic N) is 1. The average molecular weight is 249 g/mol. The van der Waals surface area contributed by atoms with E-state index in [2.05, 4.69) is 11.9 Å². The average Bonchev–Trinajstić information content (AvgIpc) is 2.86. The van der Waals surface area contributed by atoms with Crippen LogP contribution in [0, 0.1) is 0 Å². The number of benzene rings is 1. The van der Waals surface area contributed by atoms with Crippen molar-refractivity contribution < 1.29 is 9.47 Å². The molecule has 1 aromatic heterocycles. The van der Waals surface area contributed by atoms with E-state index in [9.17, 15) is 0 Å². The Morgan fingerprint density at radius 3 is 2.24 bits per heavy atom. The third kappa shape index (κ3) is 2.58. The van der Waals surface area contributed by atoms with Crippen molar-refractivity contribution in [1.82, 2.24) is 4.98 Å². The summed E-state index contributed by atoms with van der Waals surface area (Å²) < 4.78 is 10.5. The lowest BCUT2D eigenvalue weighted by Gasteiger charge is -2.06. The van der Waals surface area contributed by atoms with Crippen molar-refractivity contribution in [3.63, 3.8) is 0 Å². The summed E-state index contributed by atoms with van der Waals surface area (Å²) in [6.45, 7) is 2.13. The van der Waals surface area contributed by atoms with Crippen LogP contribution in [0.1, 0.15) is 11.8 Å². The highest BCUT2D eigenvalue weighted by molar-refractivity contribution is 7.15. The third-order valence-electron chi connectivity index (χ3n) is 2.50. The van der Waals surface area contributed by atoms with Crippen LogP contribution in [0.3, 0.4) is 0 Å².